The summed E-state index contributed by atoms with van der Waals surface area (Å²) in [7, 11) is 0. The minimum absolute atomic E-state index is 0.0908. The lowest BCUT2D eigenvalue weighted by Gasteiger charge is -2.18. The summed E-state index contributed by atoms with van der Waals surface area (Å²) >= 11 is 0. The van der Waals surface area contributed by atoms with Crippen molar-refractivity contribution in [3.05, 3.63) is 65.2 Å². The Hall–Kier alpha value is -2.29. The van der Waals surface area contributed by atoms with Gasteiger partial charge in [0.25, 0.3) is 5.91 Å². The fraction of sp³-hybridized carbons (Fsp3) is 0.350. The molecule has 0 unspecified atom stereocenters. The highest BCUT2D eigenvalue weighted by Gasteiger charge is 2.16. The van der Waals surface area contributed by atoms with Crippen molar-refractivity contribution in [1.29, 1.82) is 0 Å². The summed E-state index contributed by atoms with van der Waals surface area (Å²) in [6.07, 6.45) is -0.515. The van der Waals surface area contributed by atoms with Crippen LogP contribution in [-0.4, -0.2) is 18.6 Å². The number of carbonyl (C=O) groups is 1. The molecule has 0 aromatic heterocycles. The molecule has 3 heteroatoms. The molecule has 0 heterocycles. The van der Waals surface area contributed by atoms with Gasteiger partial charge in [-0.3, -0.25) is 4.79 Å². The molecule has 0 spiro atoms. The largest absolute Gasteiger partial charge is 0.481 e. The van der Waals surface area contributed by atoms with Crippen LogP contribution < -0.4 is 10.1 Å². The first-order valence-corrected chi connectivity index (χ1v) is 8.03. The zero-order valence-electron chi connectivity index (χ0n) is 14.3. The van der Waals surface area contributed by atoms with Crippen LogP contribution in [0.3, 0.4) is 0 Å². The Labute approximate surface area is 138 Å². The van der Waals surface area contributed by atoms with E-state index in [9.17, 15) is 4.79 Å². The van der Waals surface area contributed by atoms with Gasteiger partial charge < -0.3 is 10.1 Å². The average molecular weight is 311 g/mol. The van der Waals surface area contributed by atoms with Crippen molar-refractivity contribution < 1.29 is 9.53 Å². The van der Waals surface area contributed by atoms with Gasteiger partial charge in [-0.2, -0.15) is 0 Å². The number of hydrogen-bond donors (Lipinski definition) is 1. The second kappa shape index (κ2) is 7.82. The van der Waals surface area contributed by atoms with Gasteiger partial charge in [0, 0.05) is 6.54 Å². The molecule has 3 nitrogen and oxygen atoms in total. The molecule has 0 saturated heterocycles. The molecule has 0 bridgehead atoms. The number of rotatable bonds is 6. The van der Waals surface area contributed by atoms with Crippen molar-refractivity contribution >= 4 is 5.91 Å². The first kappa shape index (κ1) is 17.1. The Morgan fingerprint density at radius 1 is 1.04 bits per heavy atom. The molecule has 1 amide bonds. The van der Waals surface area contributed by atoms with Crippen molar-refractivity contribution in [2.75, 3.05) is 6.54 Å². The molecule has 0 saturated carbocycles. The van der Waals surface area contributed by atoms with Crippen molar-refractivity contribution in [1.82, 2.24) is 5.32 Å². The SMILES string of the molecule is Cc1cc(C)cc(O[C@@H](C)C(=O)NC[C@H](C)c2ccccc2)c1. The third-order valence-electron chi connectivity index (χ3n) is 3.83. The fourth-order valence-electron chi connectivity index (χ4n) is 2.56. The monoisotopic (exact) mass is 311 g/mol. The summed E-state index contributed by atoms with van der Waals surface area (Å²) in [5.74, 6) is 0.918. The van der Waals surface area contributed by atoms with E-state index in [1.807, 2.05) is 44.2 Å². The second-order valence-corrected chi connectivity index (χ2v) is 6.14. The summed E-state index contributed by atoms with van der Waals surface area (Å²) in [4.78, 5) is 12.2. The van der Waals surface area contributed by atoms with Crippen LogP contribution in [0.2, 0.25) is 0 Å². The van der Waals surface area contributed by atoms with E-state index >= 15 is 0 Å². The Balaban J connectivity index is 1.87. The lowest BCUT2D eigenvalue weighted by atomic mass is 10.0. The van der Waals surface area contributed by atoms with Gasteiger partial charge in [-0.25, -0.2) is 0 Å². The predicted octanol–water partition coefficient (Wildman–Crippen LogP) is 3.99. The van der Waals surface area contributed by atoms with E-state index in [1.54, 1.807) is 6.92 Å². The summed E-state index contributed by atoms with van der Waals surface area (Å²) in [5, 5.41) is 2.97. The molecule has 23 heavy (non-hydrogen) atoms. The van der Waals surface area contributed by atoms with Gasteiger partial charge in [-0.15, -0.1) is 0 Å². The fourth-order valence-corrected chi connectivity index (χ4v) is 2.56. The maximum absolute atomic E-state index is 12.2. The third kappa shape index (κ3) is 5.13. The Morgan fingerprint density at radius 2 is 1.65 bits per heavy atom. The number of hydrogen-bond acceptors (Lipinski definition) is 2. The second-order valence-electron chi connectivity index (χ2n) is 6.14. The Kier molecular flexibility index (Phi) is 5.80. The minimum Gasteiger partial charge on any atom is -0.481 e. The summed E-state index contributed by atoms with van der Waals surface area (Å²) in [6, 6.07) is 16.2. The molecule has 122 valence electrons. The number of carbonyl (C=O) groups excluding carboxylic acids is 1. The van der Waals surface area contributed by atoms with Crippen LogP contribution in [-0.2, 0) is 4.79 Å². The highest BCUT2D eigenvalue weighted by Crippen LogP contribution is 2.18. The molecule has 0 radical (unpaired) electrons. The number of benzene rings is 2. The van der Waals surface area contributed by atoms with E-state index in [2.05, 4.69) is 30.4 Å². The normalized spacial score (nSPS) is 13.2. The van der Waals surface area contributed by atoms with Crippen molar-refractivity contribution in [3.63, 3.8) is 0 Å². The number of nitrogens with one attached hydrogen (secondary N) is 1. The topological polar surface area (TPSA) is 38.3 Å². The van der Waals surface area contributed by atoms with Crippen LogP contribution in [0.15, 0.2) is 48.5 Å². The van der Waals surface area contributed by atoms with Gasteiger partial charge in [0.1, 0.15) is 5.75 Å². The number of amides is 1. The highest BCUT2D eigenvalue weighted by molar-refractivity contribution is 5.80. The van der Waals surface area contributed by atoms with Crippen LogP contribution in [0.1, 0.15) is 36.5 Å². The van der Waals surface area contributed by atoms with Crippen LogP contribution in [0.4, 0.5) is 0 Å². The molecule has 0 aliphatic heterocycles. The van der Waals surface area contributed by atoms with E-state index in [1.165, 1.54) is 5.56 Å². The van der Waals surface area contributed by atoms with E-state index in [-0.39, 0.29) is 11.8 Å². The first-order valence-electron chi connectivity index (χ1n) is 8.03. The Morgan fingerprint density at radius 3 is 2.26 bits per heavy atom. The molecule has 2 aromatic carbocycles. The smallest absolute Gasteiger partial charge is 0.260 e. The lowest BCUT2D eigenvalue weighted by molar-refractivity contribution is -0.127. The van der Waals surface area contributed by atoms with E-state index in [0.29, 0.717) is 6.54 Å². The van der Waals surface area contributed by atoms with Gasteiger partial charge in [0.05, 0.1) is 0 Å². The standard InChI is InChI=1S/C20H25NO2/c1-14-10-15(2)12-19(11-14)23-17(4)20(22)21-13-16(3)18-8-6-5-7-9-18/h5-12,16-17H,13H2,1-4H3,(H,21,22)/t16-,17-/m0/s1. The molecular weight excluding hydrogens is 286 g/mol. The predicted molar refractivity (Wildman–Crippen MR) is 93.9 cm³/mol. The molecule has 2 atom stereocenters. The highest BCUT2D eigenvalue weighted by atomic mass is 16.5. The summed E-state index contributed by atoms with van der Waals surface area (Å²) in [6.45, 7) is 8.52. The molecular formula is C20H25NO2. The van der Waals surface area contributed by atoms with Gasteiger partial charge in [-0.05, 0) is 55.5 Å². The van der Waals surface area contributed by atoms with Crippen LogP contribution in [0, 0.1) is 13.8 Å². The quantitative estimate of drug-likeness (QED) is 0.876. The summed E-state index contributed by atoms with van der Waals surface area (Å²) < 4.78 is 5.76. The molecule has 2 aromatic rings. The third-order valence-corrected chi connectivity index (χ3v) is 3.83. The zero-order chi connectivity index (χ0) is 16.8. The van der Waals surface area contributed by atoms with Gasteiger partial charge >= 0.3 is 0 Å². The molecule has 0 fully saturated rings. The van der Waals surface area contributed by atoms with Crippen molar-refractivity contribution in [2.45, 2.75) is 39.7 Å². The van der Waals surface area contributed by atoms with Crippen molar-refractivity contribution in [2.24, 2.45) is 0 Å². The van der Waals surface area contributed by atoms with Crippen LogP contribution in [0.5, 0.6) is 5.75 Å². The lowest BCUT2D eigenvalue weighted by Crippen LogP contribution is -2.38. The number of ether oxygens (including phenoxy) is 1. The summed E-state index contributed by atoms with van der Waals surface area (Å²) in [5.41, 5.74) is 3.48. The molecule has 0 aliphatic rings. The number of aryl methyl sites for hydroxylation is 2. The van der Waals surface area contributed by atoms with E-state index < -0.39 is 6.10 Å². The molecule has 1 N–H and O–H groups in total. The van der Waals surface area contributed by atoms with Gasteiger partial charge in [0.2, 0.25) is 0 Å². The van der Waals surface area contributed by atoms with Crippen molar-refractivity contribution in [3.8, 4) is 5.75 Å². The van der Waals surface area contributed by atoms with E-state index in [0.717, 1.165) is 16.9 Å². The van der Waals surface area contributed by atoms with E-state index in [4.69, 9.17) is 4.74 Å². The first-order chi connectivity index (χ1) is 11.0. The average Bonchev–Trinajstić information content (AvgIpc) is 2.52. The maximum Gasteiger partial charge on any atom is 0.260 e. The zero-order valence-corrected chi connectivity index (χ0v) is 14.3. The molecule has 2 rings (SSSR count). The Bertz CT molecular complexity index is 632. The van der Waals surface area contributed by atoms with Crippen LogP contribution >= 0.6 is 0 Å². The van der Waals surface area contributed by atoms with Gasteiger partial charge in [-0.1, -0.05) is 43.3 Å². The van der Waals surface area contributed by atoms with Gasteiger partial charge in [0.15, 0.2) is 6.10 Å². The maximum atomic E-state index is 12.2. The minimum atomic E-state index is -0.515. The van der Waals surface area contributed by atoms with Crippen LogP contribution in [0.25, 0.3) is 0 Å². The molecule has 0 aliphatic carbocycles.